The van der Waals surface area contributed by atoms with Crippen LogP contribution in [0.2, 0.25) is 0 Å². The number of hydrogen-bond acceptors (Lipinski definition) is 3. The third-order valence-electron chi connectivity index (χ3n) is 4.13. The maximum atomic E-state index is 12.3. The largest absolute Gasteiger partial charge is 0.461 e. The molecule has 1 aliphatic rings. The van der Waals surface area contributed by atoms with Crippen LogP contribution in [-0.2, 0) is 4.74 Å². The summed E-state index contributed by atoms with van der Waals surface area (Å²) in [7, 11) is 0. The summed E-state index contributed by atoms with van der Waals surface area (Å²) in [6.45, 7) is 6.39. The van der Waals surface area contributed by atoms with Gasteiger partial charge in [-0.15, -0.1) is 0 Å². The number of rotatable bonds is 5. The zero-order valence-electron chi connectivity index (χ0n) is 12.7. The summed E-state index contributed by atoms with van der Waals surface area (Å²) >= 11 is 0. The van der Waals surface area contributed by atoms with Crippen LogP contribution < -0.4 is 0 Å². The van der Waals surface area contributed by atoms with Gasteiger partial charge in [-0.25, -0.2) is 4.79 Å². The van der Waals surface area contributed by atoms with E-state index in [4.69, 9.17) is 4.74 Å². The summed E-state index contributed by atoms with van der Waals surface area (Å²) < 4.78 is 7.14. The number of allylic oxidation sites excluding steroid dienone is 1. The molecule has 1 aliphatic carbocycles. The van der Waals surface area contributed by atoms with Crippen molar-refractivity contribution in [3.63, 3.8) is 0 Å². The molecule has 1 fully saturated rings. The Hall–Kier alpha value is -2.36. The van der Waals surface area contributed by atoms with Crippen molar-refractivity contribution in [1.29, 1.82) is 0 Å². The van der Waals surface area contributed by atoms with Crippen LogP contribution in [0.15, 0.2) is 54.7 Å². The highest BCUT2D eigenvalue weighted by Gasteiger charge is 2.24. The Morgan fingerprint density at radius 2 is 2.09 bits per heavy atom. The molecule has 1 aromatic carbocycles. The lowest BCUT2D eigenvalue weighted by Crippen LogP contribution is -2.23. The van der Waals surface area contributed by atoms with Crippen LogP contribution in [0, 0.1) is 5.92 Å². The average Bonchev–Trinajstić information content (AvgIpc) is 3.00. The van der Waals surface area contributed by atoms with Crippen LogP contribution in [0.1, 0.15) is 41.9 Å². The van der Waals surface area contributed by atoms with Crippen LogP contribution in [0.3, 0.4) is 0 Å². The lowest BCUT2D eigenvalue weighted by Gasteiger charge is -2.27. The third-order valence-corrected chi connectivity index (χ3v) is 4.13. The standard InChI is InChI=1S/C18H20N2O2/c1-13-10-15(11-13)12-22-18(21)17-8-9-19-20(17)14(2)16-6-4-3-5-7-16/h3-9,14-15H,1,10-12H2,2H3/t14-/m1/s1. The van der Waals surface area contributed by atoms with Crippen molar-refractivity contribution in [2.45, 2.75) is 25.8 Å². The fourth-order valence-electron chi connectivity index (χ4n) is 2.80. The first-order valence-electron chi connectivity index (χ1n) is 7.57. The lowest BCUT2D eigenvalue weighted by molar-refractivity contribution is 0.0395. The Balaban J connectivity index is 1.68. The van der Waals surface area contributed by atoms with E-state index in [-0.39, 0.29) is 12.0 Å². The van der Waals surface area contributed by atoms with Crippen molar-refractivity contribution in [2.24, 2.45) is 5.92 Å². The van der Waals surface area contributed by atoms with Gasteiger partial charge in [0.25, 0.3) is 0 Å². The molecular formula is C18H20N2O2. The first kappa shape index (κ1) is 14.6. The summed E-state index contributed by atoms with van der Waals surface area (Å²) in [5, 5.41) is 4.29. The second-order valence-corrected chi connectivity index (χ2v) is 5.87. The number of ether oxygens (including phenoxy) is 1. The number of esters is 1. The fourth-order valence-corrected chi connectivity index (χ4v) is 2.80. The second-order valence-electron chi connectivity index (χ2n) is 5.87. The molecule has 2 aromatic rings. The van der Waals surface area contributed by atoms with Gasteiger partial charge in [-0.05, 0) is 31.4 Å². The van der Waals surface area contributed by atoms with Gasteiger partial charge in [0, 0.05) is 12.1 Å². The van der Waals surface area contributed by atoms with Gasteiger partial charge in [-0.1, -0.05) is 42.5 Å². The first-order chi connectivity index (χ1) is 10.6. The van der Waals surface area contributed by atoms with Crippen molar-refractivity contribution in [2.75, 3.05) is 6.61 Å². The Morgan fingerprint density at radius 1 is 1.36 bits per heavy atom. The minimum absolute atomic E-state index is 0.0118. The number of aromatic nitrogens is 2. The van der Waals surface area contributed by atoms with Gasteiger partial charge in [-0.3, -0.25) is 4.68 Å². The maximum absolute atomic E-state index is 12.3. The molecule has 114 valence electrons. The normalized spacial score (nSPS) is 16.1. The van der Waals surface area contributed by atoms with Crippen LogP contribution >= 0.6 is 0 Å². The molecule has 3 rings (SSSR count). The molecular weight excluding hydrogens is 276 g/mol. The van der Waals surface area contributed by atoms with Crippen molar-refractivity contribution in [3.05, 3.63) is 66.0 Å². The number of benzene rings is 1. The zero-order chi connectivity index (χ0) is 15.5. The minimum atomic E-state index is -0.308. The quantitative estimate of drug-likeness (QED) is 0.625. The van der Waals surface area contributed by atoms with Crippen molar-refractivity contribution >= 4 is 5.97 Å². The first-order valence-corrected chi connectivity index (χ1v) is 7.57. The van der Waals surface area contributed by atoms with Gasteiger partial charge in [-0.2, -0.15) is 5.10 Å². The predicted octanol–water partition coefficient (Wildman–Crippen LogP) is 3.62. The highest BCUT2D eigenvalue weighted by molar-refractivity contribution is 5.87. The zero-order valence-corrected chi connectivity index (χ0v) is 12.7. The van der Waals surface area contributed by atoms with Crippen LogP contribution in [0.25, 0.3) is 0 Å². The highest BCUT2D eigenvalue weighted by Crippen LogP contribution is 2.31. The van der Waals surface area contributed by atoms with Gasteiger partial charge in [0.05, 0.1) is 12.6 Å². The van der Waals surface area contributed by atoms with E-state index in [0.29, 0.717) is 18.2 Å². The molecule has 0 unspecified atom stereocenters. The fraction of sp³-hybridized carbons (Fsp3) is 0.333. The van der Waals surface area contributed by atoms with Gasteiger partial charge >= 0.3 is 5.97 Å². The molecule has 22 heavy (non-hydrogen) atoms. The van der Waals surface area contributed by atoms with Crippen molar-refractivity contribution in [1.82, 2.24) is 9.78 Å². The minimum Gasteiger partial charge on any atom is -0.461 e. The van der Waals surface area contributed by atoms with E-state index in [1.165, 1.54) is 5.57 Å². The summed E-state index contributed by atoms with van der Waals surface area (Å²) in [4.78, 5) is 12.3. The molecule has 0 N–H and O–H groups in total. The topological polar surface area (TPSA) is 44.1 Å². The molecule has 0 amide bonds. The number of carbonyl (C=O) groups excluding carboxylic acids is 1. The van der Waals surface area contributed by atoms with E-state index in [2.05, 4.69) is 11.7 Å². The summed E-state index contributed by atoms with van der Waals surface area (Å²) in [5.41, 5.74) is 2.84. The summed E-state index contributed by atoms with van der Waals surface area (Å²) in [6.07, 6.45) is 3.57. The Morgan fingerprint density at radius 3 is 2.77 bits per heavy atom. The number of hydrogen-bond donors (Lipinski definition) is 0. The van der Waals surface area contributed by atoms with E-state index in [1.807, 2.05) is 37.3 Å². The molecule has 0 saturated heterocycles. The van der Waals surface area contributed by atoms with Crippen LogP contribution in [0.5, 0.6) is 0 Å². The second kappa shape index (κ2) is 6.18. The van der Waals surface area contributed by atoms with Gasteiger partial charge in [0.15, 0.2) is 0 Å². The number of nitrogens with zero attached hydrogens (tertiary/aromatic N) is 2. The van der Waals surface area contributed by atoms with E-state index < -0.39 is 0 Å². The van der Waals surface area contributed by atoms with Crippen molar-refractivity contribution < 1.29 is 9.53 Å². The molecule has 1 heterocycles. The molecule has 1 saturated carbocycles. The SMILES string of the molecule is C=C1CC(COC(=O)c2ccnn2[C@H](C)c2ccccc2)C1. The molecule has 1 aromatic heterocycles. The summed E-state index contributed by atoms with van der Waals surface area (Å²) in [5.74, 6) is 0.122. The van der Waals surface area contributed by atoms with Gasteiger partial charge in [0.1, 0.15) is 5.69 Å². The Labute approximate surface area is 130 Å². The third kappa shape index (κ3) is 2.96. The van der Waals surface area contributed by atoms with E-state index >= 15 is 0 Å². The highest BCUT2D eigenvalue weighted by atomic mass is 16.5. The van der Waals surface area contributed by atoms with E-state index in [9.17, 15) is 4.79 Å². The molecule has 0 radical (unpaired) electrons. The number of carbonyl (C=O) groups is 1. The van der Waals surface area contributed by atoms with E-state index in [0.717, 1.165) is 18.4 Å². The molecule has 4 nitrogen and oxygen atoms in total. The lowest BCUT2D eigenvalue weighted by atomic mass is 9.82. The van der Waals surface area contributed by atoms with Crippen LogP contribution in [-0.4, -0.2) is 22.4 Å². The smallest absolute Gasteiger partial charge is 0.356 e. The maximum Gasteiger partial charge on any atom is 0.356 e. The molecule has 4 heteroatoms. The monoisotopic (exact) mass is 296 g/mol. The van der Waals surface area contributed by atoms with E-state index in [1.54, 1.807) is 16.9 Å². The Bertz CT molecular complexity index is 667. The van der Waals surface area contributed by atoms with Crippen molar-refractivity contribution in [3.8, 4) is 0 Å². The predicted molar refractivity (Wildman–Crippen MR) is 84.6 cm³/mol. The molecule has 0 spiro atoms. The van der Waals surface area contributed by atoms with Gasteiger partial charge < -0.3 is 4.74 Å². The molecule has 1 atom stereocenters. The summed E-state index contributed by atoms with van der Waals surface area (Å²) in [6, 6.07) is 11.7. The van der Waals surface area contributed by atoms with Crippen LogP contribution in [0.4, 0.5) is 0 Å². The average molecular weight is 296 g/mol. The Kier molecular flexibility index (Phi) is 4.09. The molecule has 0 aliphatic heterocycles. The van der Waals surface area contributed by atoms with Gasteiger partial charge in [0.2, 0.25) is 0 Å². The molecule has 0 bridgehead atoms.